The van der Waals surface area contributed by atoms with Gasteiger partial charge in [0.15, 0.2) is 0 Å². The van der Waals surface area contributed by atoms with Crippen molar-refractivity contribution >= 4 is 6.08 Å². The van der Waals surface area contributed by atoms with E-state index in [4.69, 9.17) is 0 Å². The standard InChI is InChI=1S/C11H14.2C2H6/c1-4-10-7-6-9(3)11(5-2)8-10;2*1-2/h5-8H,2,4H2,1,3H3;2*1-2H3. The fourth-order valence-electron chi connectivity index (χ4n) is 1.13. The largest absolute Gasteiger partial charge is 0.0985 e. The lowest BCUT2D eigenvalue weighted by Crippen LogP contribution is -1.84. The normalized spacial score (nSPS) is 7.87. The fraction of sp³-hybridized carbons (Fsp3) is 0.467. The molecule has 0 saturated heterocycles. The van der Waals surface area contributed by atoms with E-state index in [1.165, 1.54) is 16.7 Å². The molecule has 0 aliphatic rings. The molecule has 0 aliphatic carbocycles. The predicted octanol–water partition coefficient (Wildman–Crippen LogP) is 5.25. The highest BCUT2D eigenvalue weighted by Crippen LogP contribution is 2.12. The van der Waals surface area contributed by atoms with Gasteiger partial charge in [-0.15, -0.1) is 0 Å². The minimum absolute atomic E-state index is 1.10. The van der Waals surface area contributed by atoms with Gasteiger partial charge in [-0.25, -0.2) is 0 Å². The molecule has 15 heavy (non-hydrogen) atoms. The molecule has 86 valence electrons. The SMILES string of the molecule is C=Cc1cc(CC)ccc1C.CC.CC. The molecule has 0 atom stereocenters. The first-order chi connectivity index (χ1) is 7.27. The summed E-state index contributed by atoms with van der Waals surface area (Å²) in [6, 6.07) is 6.51. The third-order valence-electron chi connectivity index (χ3n) is 1.97. The Kier molecular flexibility index (Phi) is 12.1. The molecule has 0 N–H and O–H groups in total. The second kappa shape index (κ2) is 11.0. The van der Waals surface area contributed by atoms with Crippen molar-refractivity contribution in [2.24, 2.45) is 0 Å². The zero-order valence-electron chi connectivity index (χ0n) is 11.2. The highest BCUT2D eigenvalue weighted by atomic mass is 14.0. The van der Waals surface area contributed by atoms with Crippen molar-refractivity contribution in [1.29, 1.82) is 0 Å². The monoisotopic (exact) mass is 206 g/mol. The second-order valence-corrected chi connectivity index (χ2v) is 2.75. The van der Waals surface area contributed by atoms with Crippen LogP contribution in [0, 0.1) is 6.92 Å². The van der Waals surface area contributed by atoms with Crippen molar-refractivity contribution in [3.8, 4) is 0 Å². The minimum Gasteiger partial charge on any atom is -0.0985 e. The minimum atomic E-state index is 1.10. The van der Waals surface area contributed by atoms with Crippen molar-refractivity contribution in [3.05, 3.63) is 41.5 Å². The summed E-state index contributed by atoms with van der Waals surface area (Å²) in [7, 11) is 0. The Hall–Kier alpha value is -1.04. The molecule has 0 bridgehead atoms. The van der Waals surface area contributed by atoms with E-state index in [0.717, 1.165) is 6.42 Å². The van der Waals surface area contributed by atoms with Crippen LogP contribution in [-0.4, -0.2) is 0 Å². The summed E-state index contributed by atoms with van der Waals surface area (Å²) in [6.07, 6.45) is 3.01. The first-order valence-electron chi connectivity index (χ1n) is 6.00. The van der Waals surface area contributed by atoms with Gasteiger partial charge in [-0.3, -0.25) is 0 Å². The van der Waals surface area contributed by atoms with Gasteiger partial charge in [0.05, 0.1) is 0 Å². The van der Waals surface area contributed by atoms with E-state index < -0.39 is 0 Å². The number of aryl methyl sites for hydroxylation is 2. The zero-order chi connectivity index (χ0) is 12.3. The molecule has 0 saturated carbocycles. The van der Waals surface area contributed by atoms with Crippen LogP contribution in [0.15, 0.2) is 24.8 Å². The van der Waals surface area contributed by atoms with Gasteiger partial charge >= 0.3 is 0 Å². The Balaban J connectivity index is 0. The van der Waals surface area contributed by atoms with Crippen molar-refractivity contribution in [3.63, 3.8) is 0 Å². The molecule has 0 fully saturated rings. The second-order valence-electron chi connectivity index (χ2n) is 2.75. The van der Waals surface area contributed by atoms with E-state index in [1.54, 1.807) is 0 Å². The van der Waals surface area contributed by atoms with Crippen molar-refractivity contribution in [2.45, 2.75) is 48.0 Å². The first-order valence-corrected chi connectivity index (χ1v) is 6.00. The van der Waals surface area contributed by atoms with E-state index in [9.17, 15) is 0 Å². The molecule has 0 heteroatoms. The van der Waals surface area contributed by atoms with Gasteiger partial charge in [0.2, 0.25) is 0 Å². The van der Waals surface area contributed by atoms with Crippen LogP contribution in [0.25, 0.3) is 6.08 Å². The Labute approximate surface area is 96.0 Å². The summed E-state index contributed by atoms with van der Waals surface area (Å²) in [5, 5.41) is 0. The molecule has 0 unspecified atom stereocenters. The maximum atomic E-state index is 3.77. The maximum absolute atomic E-state index is 3.77. The van der Waals surface area contributed by atoms with Gasteiger partial charge in [0.1, 0.15) is 0 Å². The molecule has 0 spiro atoms. The summed E-state index contributed by atoms with van der Waals surface area (Å²) in [4.78, 5) is 0. The van der Waals surface area contributed by atoms with Gasteiger partial charge in [-0.1, -0.05) is 65.5 Å². The van der Waals surface area contributed by atoms with Gasteiger partial charge in [0.25, 0.3) is 0 Å². The van der Waals surface area contributed by atoms with Gasteiger partial charge in [-0.05, 0) is 30.0 Å². The molecule has 0 radical (unpaired) electrons. The number of rotatable bonds is 2. The van der Waals surface area contributed by atoms with Gasteiger partial charge in [0, 0.05) is 0 Å². The van der Waals surface area contributed by atoms with E-state index in [0.29, 0.717) is 0 Å². The molecule has 0 nitrogen and oxygen atoms in total. The molecule has 0 heterocycles. The molecule has 1 aromatic rings. The summed E-state index contributed by atoms with van der Waals surface area (Å²) in [5.74, 6) is 0. The first kappa shape index (κ1) is 16.4. The summed E-state index contributed by atoms with van der Waals surface area (Å²) in [5.41, 5.74) is 3.94. The molecule has 0 amide bonds. The fourth-order valence-corrected chi connectivity index (χ4v) is 1.13. The quantitative estimate of drug-likeness (QED) is 0.619. The van der Waals surface area contributed by atoms with E-state index in [2.05, 4.69) is 38.6 Å². The molecule has 1 rings (SSSR count). The van der Waals surface area contributed by atoms with Gasteiger partial charge < -0.3 is 0 Å². The van der Waals surface area contributed by atoms with Crippen LogP contribution in [0.3, 0.4) is 0 Å². The topological polar surface area (TPSA) is 0 Å². The summed E-state index contributed by atoms with van der Waals surface area (Å²) in [6.45, 7) is 16.0. The van der Waals surface area contributed by atoms with Crippen molar-refractivity contribution in [1.82, 2.24) is 0 Å². The lowest BCUT2D eigenvalue weighted by atomic mass is 10.0. The van der Waals surface area contributed by atoms with Crippen LogP contribution in [0.4, 0.5) is 0 Å². The van der Waals surface area contributed by atoms with E-state index in [-0.39, 0.29) is 0 Å². The van der Waals surface area contributed by atoms with Crippen LogP contribution >= 0.6 is 0 Å². The highest BCUT2D eigenvalue weighted by molar-refractivity contribution is 5.52. The highest BCUT2D eigenvalue weighted by Gasteiger charge is 1.93. The van der Waals surface area contributed by atoms with Crippen molar-refractivity contribution < 1.29 is 0 Å². The smallest absolute Gasteiger partial charge is 0.0230 e. The molecule has 1 aromatic carbocycles. The number of benzene rings is 1. The Morgan fingerprint density at radius 2 is 1.67 bits per heavy atom. The summed E-state index contributed by atoms with van der Waals surface area (Å²) >= 11 is 0. The Morgan fingerprint density at radius 1 is 1.13 bits per heavy atom. The molecule has 0 aromatic heterocycles. The van der Waals surface area contributed by atoms with Crippen LogP contribution in [-0.2, 0) is 6.42 Å². The lowest BCUT2D eigenvalue weighted by Gasteiger charge is -2.02. The van der Waals surface area contributed by atoms with Gasteiger partial charge in [-0.2, -0.15) is 0 Å². The van der Waals surface area contributed by atoms with Crippen LogP contribution in [0.1, 0.15) is 51.3 Å². The molecular formula is C15H26. The van der Waals surface area contributed by atoms with Crippen molar-refractivity contribution in [2.75, 3.05) is 0 Å². The maximum Gasteiger partial charge on any atom is -0.0230 e. The Bertz CT molecular complexity index is 259. The zero-order valence-corrected chi connectivity index (χ0v) is 11.2. The van der Waals surface area contributed by atoms with E-state index >= 15 is 0 Å². The molecule has 0 aliphatic heterocycles. The van der Waals surface area contributed by atoms with Crippen LogP contribution in [0.2, 0.25) is 0 Å². The Morgan fingerprint density at radius 3 is 2.07 bits per heavy atom. The lowest BCUT2D eigenvalue weighted by molar-refractivity contribution is 1.13. The predicted molar refractivity (Wildman–Crippen MR) is 73.3 cm³/mol. The average Bonchev–Trinajstić information content (AvgIpc) is 2.35. The van der Waals surface area contributed by atoms with E-state index in [1.807, 2.05) is 33.8 Å². The number of hydrogen-bond acceptors (Lipinski definition) is 0. The van der Waals surface area contributed by atoms with Crippen LogP contribution < -0.4 is 0 Å². The summed E-state index contributed by atoms with van der Waals surface area (Å²) < 4.78 is 0. The molecular weight excluding hydrogens is 180 g/mol. The third-order valence-corrected chi connectivity index (χ3v) is 1.97. The average molecular weight is 206 g/mol. The van der Waals surface area contributed by atoms with Crippen LogP contribution in [0.5, 0.6) is 0 Å². The number of hydrogen-bond donors (Lipinski definition) is 0. The third kappa shape index (κ3) is 6.11.